The second-order valence-corrected chi connectivity index (χ2v) is 4.51. The van der Waals surface area contributed by atoms with Crippen molar-refractivity contribution >= 4 is 17.6 Å². The number of ether oxygens (including phenoxy) is 2. The molecule has 1 amide bonds. The van der Waals surface area contributed by atoms with Crippen molar-refractivity contribution in [2.75, 3.05) is 18.7 Å². The summed E-state index contributed by atoms with van der Waals surface area (Å²) in [6, 6.07) is 4.02. The van der Waals surface area contributed by atoms with Gasteiger partial charge in [0.15, 0.2) is 11.5 Å². The fraction of sp³-hybridized carbons (Fsp3) is 0.286. The highest BCUT2D eigenvalue weighted by molar-refractivity contribution is 5.93. The number of carbonyl (C=O) groups is 2. The Balaban J connectivity index is 1.94. The van der Waals surface area contributed by atoms with Crippen molar-refractivity contribution in [3.05, 3.63) is 30.9 Å². The van der Waals surface area contributed by atoms with E-state index in [-0.39, 0.29) is 13.2 Å². The largest absolute Gasteiger partial charge is 0.544 e. The van der Waals surface area contributed by atoms with Crippen LogP contribution in [0.2, 0.25) is 0 Å². The first kappa shape index (κ1) is 14.9. The van der Waals surface area contributed by atoms with Gasteiger partial charge in [0, 0.05) is 11.8 Å². The highest BCUT2D eigenvalue weighted by atomic mass is 16.7. The Labute approximate surface area is 121 Å². The van der Waals surface area contributed by atoms with Gasteiger partial charge in [0.1, 0.15) is 6.04 Å². The molecule has 0 aliphatic carbocycles. The minimum absolute atomic E-state index is 0.149. The van der Waals surface area contributed by atoms with Crippen LogP contribution in [0.15, 0.2) is 30.9 Å². The summed E-state index contributed by atoms with van der Waals surface area (Å²) < 4.78 is 10.4. The Morgan fingerprint density at radius 3 is 2.90 bits per heavy atom. The van der Waals surface area contributed by atoms with Crippen molar-refractivity contribution in [3.63, 3.8) is 0 Å². The quantitative estimate of drug-likeness (QED) is 0.602. The van der Waals surface area contributed by atoms with Gasteiger partial charge in [-0.25, -0.2) is 0 Å². The average Bonchev–Trinajstić information content (AvgIpc) is 2.90. The molecule has 0 aromatic heterocycles. The van der Waals surface area contributed by atoms with Crippen molar-refractivity contribution in [1.29, 1.82) is 0 Å². The molecule has 1 aliphatic heterocycles. The summed E-state index contributed by atoms with van der Waals surface area (Å²) in [5, 5.41) is 15.1. The molecule has 0 unspecified atom stereocenters. The molecule has 21 heavy (non-hydrogen) atoms. The topological polar surface area (TPSA) is 104 Å². The summed E-state index contributed by atoms with van der Waals surface area (Å²) in [5.41, 5.74) is 0.519. The first-order valence-electron chi connectivity index (χ1n) is 6.44. The van der Waals surface area contributed by atoms with Crippen LogP contribution in [0, 0.1) is 0 Å². The highest BCUT2D eigenvalue weighted by Crippen LogP contribution is 2.34. The predicted molar refractivity (Wildman–Crippen MR) is 71.6 cm³/mol. The van der Waals surface area contributed by atoms with E-state index < -0.39 is 17.9 Å². The number of hydrogen-bond acceptors (Lipinski definition) is 5. The molecular weight excluding hydrogens is 276 g/mol. The Morgan fingerprint density at radius 2 is 2.19 bits per heavy atom. The maximum Gasteiger partial charge on any atom is 0.231 e. The highest BCUT2D eigenvalue weighted by Gasteiger charge is 2.19. The van der Waals surface area contributed by atoms with E-state index in [2.05, 4.69) is 11.9 Å². The second kappa shape index (κ2) is 6.76. The van der Waals surface area contributed by atoms with Gasteiger partial charge in [-0.05, 0) is 18.2 Å². The van der Waals surface area contributed by atoms with Crippen LogP contribution in [0.1, 0.15) is 6.42 Å². The molecule has 0 bridgehead atoms. The number of nitrogens with one attached hydrogen (secondary N) is 1. The lowest BCUT2D eigenvalue weighted by molar-refractivity contribution is -0.674. The third kappa shape index (κ3) is 3.96. The molecule has 7 heteroatoms. The van der Waals surface area contributed by atoms with Gasteiger partial charge in [-0.2, -0.15) is 0 Å². The van der Waals surface area contributed by atoms with Crippen molar-refractivity contribution in [2.24, 2.45) is 0 Å². The van der Waals surface area contributed by atoms with E-state index in [1.165, 1.54) is 5.32 Å². The van der Waals surface area contributed by atoms with Gasteiger partial charge >= 0.3 is 0 Å². The number of carboxylic acid groups (broad SMARTS) is 1. The number of carboxylic acids is 1. The first-order valence-corrected chi connectivity index (χ1v) is 6.44. The van der Waals surface area contributed by atoms with Gasteiger partial charge in [-0.1, -0.05) is 6.58 Å². The molecule has 0 radical (unpaired) electrons. The van der Waals surface area contributed by atoms with Crippen molar-refractivity contribution in [3.8, 4) is 11.5 Å². The fourth-order valence-corrected chi connectivity index (χ4v) is 1.91. The van der Waals surface area contributed by atoms with Crippen LogP contribution in [0.4, 0.5) is 5.69 Å². The van der Waals surface area contributed by atoms with E-state index in [4.69, 9.17) is 9.47 Å². The van der Waals surface area contributed by atoms with E-state index in [9.17, 15) is 14.7 Å². The SMILES string of the molecule is C=CC[NH2+][C@@H](CC(=O)Nc1ccc2c(c1)OCO2)C(=O)[O-]. The molecule has 2 rings (SSSR count). The zero-order chi connectivity index (χ0) is 15.2. The van der Waals surface area contributed by atoms with Gasteiger partial charge in [0.05, 0.1) is 18.9 Å². The van der Waals surface area contributed by atoms with Gasteiger partial charge in [0.2, 0.25) is 12.7 Å². The van der Waals surface area contributed by atoms with Crippen LogP contribution in [-0.4, -0.2) is 31.3 Å². The third-order valence-corrected chi connectivity index (χ3v) is 2.95. The Kier molecular flexibility index (Phi) is 4.78. The standard InChI is InChI=1S/C14H16N2O5/c1-2-5-15-10(14(18)19)7-13(17)16-9-3-4-11-12(6-9)21-8-20-11/h2-4,6,10,15H,1,5,7-8H2,(H,16,17)(H,18,19)/t10-/m0/s1. The first-order chi connectivity index (χ1) is 10.1. The summed E-state index contributed by atoms with van der Waals surface area (Å²) in [6.07, 6.45) is 1.37. The number of rotatable bonds is 7. The molecule has 3 N–H and O–H groups in total. The van der Waals surface area contributed by atoms with Crippen molar-refractivity contribution in [1.82, 2.24) is 0 Å². The summed E-state index contributed by atoms with van der Waals surface area (Å²) >= 11 is 0. The maximum absolute atomic E-state index is 11.9. The molecule has 0 saturated carbocycles. The van der Waals surface area contributed by atoms with E-state index in [1.807, 2.05) is 0 Å². The van der Waals surface area contributed by atoms with Gasteiger partial charge in [0.25, 0.3) is 0 Å². The number of amides is 1. The molecule has 1 heterocycles. The van der Waals surface area contributed by atoms with Crippen LogP contribution in [0.25, 0.3) is 0 Å². The Morgan fingerprint density at radius 1 is 1.43 bits per heavy atom. The Bertz CT molecular complexity index is 558. The lowest BCUT2D eigenvalue weighted by Crippen LogP contribution is -2.93. The van der Waals surface area contributed by atoms with Crippen molar-refractivity contribution in [2.45, 2.75) is 12.5 Å². The number of aliphatic carboxylic acids is 1. The van der Waals surface area contributed by atoms with Gasteiger partial charge < -0.3 is 30.0 Å². The monoisotopic (exact) mass is 292 g/mol. The zero-order valence-electron chi connectivity index (χ0n) is 11.3. The van der Waals surface area contributed by atoms with Crippen LogP contribution >= 0.6 is 0 Å². The third-order valence-electron chi connectivity index (χ3n) is 2.95. The average molecular weight is 292 g/mol. The number of quaternary nitrogens is 1. The number of carbonyl (C=O) groups excluding carboxylic acids is 2. The zero-order valence-corrected chi connectivity index (χ0v) is 11.3. The predicted octanol–water partition coefficient (Wildman–Crippen LogP) is -1.39. The molecule has 1 aromatic rings. The number of fused-ring (bicyclic) bond motifs is 1. The molecular formula is C14H16N2O5. The second-order valence-electron chi connectivity index (χ2n) is 4.51. The minimum atomic E-state index is -1.28. The van der Waals surface area contributed by atoms with Crippen molar-refractivity contribution < 1.29 is 29.5 Å². The van der Waals surface area contributed by atoms with Gasteiger partial charge in [-0.3, -0.25) is 4.79 Å². The molecule has 7 nitrogen and oxygen atoms in total. The van der Waals surface area contributed by atoms with Gasteiger partial charge in [-0.15, -0.1) is 0 Å². The maximum atomic E-state index is 11.9. The molecule has 0 fully saturated rings. The molecule has 1 aliphatic rings. The minimum Gasteiger partial charge on any atom is -0.544 e. The number of anilines is 1. The molecule has 0 spiro atoms. The van der Waals surface area contributed by atoms with Crippen LogP contribution in [0.5, 0.6) is 11.5 Å². The van der Waals surface area contributed by atoms with E-state index in [0.717, 1.165) is 0 Å². The van der Waals surface area contributed by atoms with Crippen LogP contribution in [0.3, 0.4) is 0 Å². The lowest BCUT2D eigenvalue weighted by Gasteiger charge is -2.15. The molecule has 1 aromatic carbocycles. The molecule has 112 valence electrons. The lowest BCUT2D eigenvalue weighted by atomic mass is 10.2. The van der Waals surface area contributed by atoms with E-state index >= 15 is 0 Å². The number of nitrogens with two attached hydrogens (primary N) is 1. The fourth-order valence-electron chi connectivity index (χ4n) is 1.91. The summed E-state index contributed by atoms with van der Waals surface area (Å²) in [6.45, 7) is 4.05. The van der Waals surface area contributed by atoms with E-state index in [0.29, 0.717) is 23.7 Å². The summed E-state index contributed by atoms with van der Waals surface area (Å²) in [5.74, 6) is -0.538. The van der Waals surface area contributed by atoms with Crippen LogP contribution in [-0.2, 0) is 9.59 Å². The summed E-state index contributed by atoms with van der Waals surface area (Å²) in [7, 11) is 0. The molecule has 0 saturated heterocycles. The smallest absolute Gasteiger partial charge is 0.231 e. The van der Waals surface area contributed by atoms with Crippen LogP contribution < -0.4 is 25.2 Å². The number of hydrogen-bond donors (Lipinski definition) is 2. The number of benzene rings is 1. The Hall–Kier alpha value is -2.54. The normalized spacial score (nSPS) is 13.5. The molecule has 1 atom stereocenters. The summed E-state index contributed by atoms with van der Waals surface area (Å²) in [4.78, 5) is 22.8. The van der Waals surface area contributed by atoms with E-state index in [1.54, 1.807) is 24.3 Å².